The van der Waals surface area contributed by atoms with Crippen LogP contribution in [0, 0.1) is 116 Å². The molecule has 538 valence electrons. The SMILES string of the molecule is C#CCCC(=O)C(=O)C(CCC#C)CC(=O)[C@@H]1[C@@H]2C(CN1C(=O)[C@@H](CC(=O)CC1(CS(=O)(=O)c3ccccc3)CCCCC1)C(C)(C)C)C2(C)C.CC(C)(C)[C@H](CC(=O)C[C@H](C(=O)N1CC2[C@@H]([C@H]1C(=O)CC(CC1CCC1)C(=O)C(N)=O)C2(C)C)C(C)(C)C)CS(=O)(=O)C(C)(C)C. The molecule has 4 aliphatic carbocycles. The number of ketones is 7. The van der Waals surface area contributed by atoms with Crippen molar-refractivity contribution >= 4 is 77.9 Å². The number of hydrogen-bond donors (Lipinski definition) is 1. The Kier molecular flexibility index (Phi) is 25.4. The van der Waals surface area contributed by atoms with E-state index in [2.05, 4.69) is 39.5 Å². The van der Waals surface area contributed by atoms with Gasteiger partial charge in [-0.3, -0.25) is 47.9 Å². The van der Waals surface area contributed by atoms with E-state index in [1.165, 1.54) is 0 Å². The minimum atomic E-state index is -3.64. The van der Waals surface area contributed by atoms with Gasteiger partial charge in [-0.1, -0.05) is 147 Å². The summed E-state index contributed by atoms with van der Waals surface area (Å²) in [4.78, 5) is 139. The van der Waals surface area contributed by atoms with Crippen molar-refractivity contribution in [2.45, 2.75) is 255 Å². The summed E-state index contributed by atoms with van der Waals surface area (Å²) in [7, 11) is -7.13. The number of fused-ring (bicyclic) bond motifs is 2. The molecule has 2 aliphatic heterocycles. The maximum absolute atomic E-state index is 14.6. The molecule has 6 fully saturated rings. The number of nitrogens with zero attached hydrogens (tertiary/aromatic N) is 2. The van der Waals surface area contributed by atoms with Crippen molar-refractivity contribution in [1.82, 2.24) is 9.80 Å². The molecule has 7 rings (SSSR count). The van der Waals surface area contributed by atoms with Crippen LogP contribution in [0.2, 0.25) is 0 Å². The van der Waals surface area contributed by atoms with Gasteiger partial charge in [0.2, 0.25) is 23.4 Å². The minimum Gasteiger partial charge on any atom is -0.363 e. The predicted molar refractivity (Wildman–Crippen MR) is 376 cm³/mol. The first-order valence-corrected chi connectivity index (χ1v) is 38.9. The third-order valence-corrected chi connectivity index (χ3v) is 28.2. The molecule has 0 spiro atoms. The van der Waals surface area contributed by atoms with Crippen molar-refractivity contribution in [3.63, 3.8) is 0 Å². The smallest absolute Gasteiger partial charge is 0.285 e. The van der Waals surface area contributed by atoms with Crippen LogP contribution in [0.4, 0.5) is 0 Å². The molecular weight excluding hydrogens is 1270 g/mol. The number of nitrogens with two attached hydrogens (primary N) is 1. The monoisotopic (exact) mass is 1380 g/mol. The highest BCUT2D eigenvalue weighted by Crippen LogP contribution is 2.67. The molecule has 4 saturated carbocycles. The van der Waals surface area contributed by atoms with Gasteiger partial charge in [-0.05, 0) is 127 Å². The third-order valence-electron chi connectivity index (χ3n) is 23.5. The van der Waals surface area contributed by atoms with Crippen LogP contribution >= 0.6 is 0 Å². The zero-order chi connectivity index (χ0) is 73.1. The Labute approximate surface area is 580 Å². The highest BCUT2D eigenvalue weighted by atomic mass is 32.2. The van der Waals surface area contributed by atoms with Crippen molar-refractivity contribution in [3.8, 4) is 24.7 Å². The Bertz CT molecular complexity index is 3460. The second-order valence-electron chi connectivity index (χ2n) is 35.3. The number of terminal acetylenes is 2. The highest BCUT2D eigenvalue weighted by Gasteiger charge is 2.71. The van der Waals surface area contributed by atoms with Gasteiger partial charge in [-0.2, -0.15) is 0 Å². The molecule has 97 heavy (non-hydrogen) atoms. The van der Waals surface area contributed by atoms with Gasteiger partial charge in [0.15, 0.2) is 37.0 Å². The second kappa shape index (κ2) is 30.7. The molecule has 0 radical (unpaired) electrons. The van der Waals surface area contributed by atoms with Crippen LogP contribution in [0.25, 0.3) is 0 Å². The largest absolute Gasteiger partial charge is 0.363 e. The summed E-state index contributed by atoms with van der Waals surface area (Å²) >= 11 is 0. The predicted octanol–water partition coefficient (Wildman–Crippen LogP) is 11.6. The van der Waals surface area contributed by atoms with Gasteiger partial charge in [-0.15, -0.1) is 24.7 Å². The summed E-state index contributed by atoms with van der Waals surface area (Å²) in [5.74, 6) is -2.91. The van der Waals surface area contributed by atoms with Crippen LogP contribution in [-0.2, 0) is 67.6 Å². The fourth-order valence-corrected chi connectivity index (χ4v) is 20.0. The molecule has 17 nitrogen and oxygen atoms in total. The molecule has 1 aromatic carbocycles. The highest BCUT2D eigenvalue weighted by molar-refractivity contribution is 7.92. The van der Waals surface area contributed by atoms with Gasteiger partial charge in [0.05, 0.1) is 33.2 Å². The van der Waals surface area contributed by atoms with E-state index in [0.717, 1.165) is 38.5 Å². The van der Waals surface area contributed by atoms with E-state index >= 15 is 0 Å². The standard InChI is InChI=1S/C42H55NO7S.C36H60N2O7S/c1-8-10-18-29(38(47)34(45)21-11-9-2)24-35(46)37-36-33(41(36,6)7)27-43(37)39(48)32(40(3,4)5)25-30(44)26-42(22-16-13-17-23-42)28-51(49,50)31-19-14-12-15-20-31;1-33(2,3)23(20-46(44,45)35(7,8)9)17-24(39)18-25(34(4,5)6)32(43)38-19-26-28(36(26,10)11)29(38)27(40)16-22(30(41)31(37)42)15-21-13-12-14-21/h1-2,12,14-15,19-20,29,32-33,36-37H,10-11,13,16-18,21-28H2,3-7H3;21-23,25-26,28-29H,12-20H2,1-11H3,(H2,37,42)/t29?,32-,33?,36+,37-;22?,23-,25-,26?,28+,29-/m11/s1. The molecule has 11 atom stereocenters. The number of rotatable bonds is 31. The van der Waals surface area contributed by atoms with Gasteiger partial charge < -0.3 is 15.5 Å². The lowest BCUT2D eigenvalue weighted by Crippen LogP contribution is -2.51. The third kappa shape index (κ3) is 19.3. The van der Waals surface area contributed by atoms with Crippen LogP contribution in [-0.4, -0.2) is 126 Å². The van der Waals surface area contributed by atoms with Crippen LogP contribution in [0.3, 0.4) is 0 Å². The number of sulfone groups is 2. The number of likely N-dealkylation sites (tertiary alicyclic amines) is 2. The van der Waals surface area contributed by atoms with Crippen LogP contribution in [0.5, 0.6) is 0 Å². The van der Waals surface area contributed by atoms with E-state index in [0.29, 0.717) is 38.3 Å². The Morgan fingerprint density at radius 3 is 1.49 bits per heavy atom. The number of benzene rings is 1. The summed E-state index contributed by atoms with van der Waals surface area (Å²) in [6, 6.07) is 6.84. The molecule has 2 heterocycles. The Morgan fingerprint density at radius 2 is 1.07 bits per heavy atom. The van der Waals surface area contributed by atoms with E-state index in [1.54, 1.807) is 60.9 Å². The molecule has 4 unspecified atom stereocenters. The fraction of sp³-hybridized carbons (Fsp3) is 0.744. The van der Waals surface area contributed by atoms with Gasteiger partial charge in [0.1, 0.15) is 11.6 Å². The van der Waals surface area contributed by atoms with Gasteiger partial charge >= 0.3 is 0 Å². The van der Waals surface area contributed by atoms with Gasteiger partial charge in [0, 0.05) is 94.5 Å². The number of hydrogen-bond acceptors (Lipinski definition) is 14. The Balaban J connectivity index is 0.000000308. The molecule has 6 aliphatic rings. The summed E-state index contributed by atoms with van der Waals surface area (Å²) < 4.78 is 52.4. The van der Waals surface area contributed by atoms with E-state index < -0.39 is 111 Å². The summed E-state index contributed by atoms with van der Waals surface area (Å²) in [5, 5.41) is 0. The van der Waals surface area contributed by atoms with Gasteiger partial charge in [-0.25, -0.2) is 16.8 Å². The Hall–Kier alpha value is -5.66. The maximum Gasteiger partial charge on any atom is 0.285 e. The number of amides is 3. The Morgan fingerprint density at radius 1 is 0.598 bits per heavy atom. The molecule has 0 aromatic heterocycles. The van der Waals surface area contributed by atoms with Crippen molar-refractivity contribution in [2.24, 2.45) is 97.4 Å². The summed E-state index contributed by atoms with van der Waals surface area (Å²) in [5.41, 5.74) is 2.67. The number of piperidine rings is 2. The number of carbonyl (C=O) groups excluding carboxylic acids is 10. The second-order valence-corrected chi connectivity index (χ2v) is 40.1. The quantitative estimate of drug-likeness (QED) is 0.0535. The number of carbonyl (C=O) groups is 10. The van der Waals surface area contributed by atoms with Gasteiger partial charge in [0.25, 0.3) is 5.91 Å². The van der Waals surface area contributed by atoms with Crippen molar-refractivity contribution in [1.29, 1.82) is 0 Å². The van der Waals surface area contributed by atoms with E-state index in [-0.39, 0.29) is 150 Å². The normalized spacial score (nSPS) is 24.1. The van der Waals surface area contributed by atoms with Crippen LogP contribution in [0.15, 0.2) is 35.2 Å². The van der Waals surface area contributed by atoms with Crippen molar-refractivity contribution < 1.29 is 64.8 Å². The zero-order valence-corrected chi connectivity index (χ0v) is 62.9. The average Bonchev–Trinajstić information content (AvgIpc) is 1.53. The van der Waals surface area contributed by atoms with E-state index in [4.69, 9.17) is 18.6 Å². The molecule has 19 heteroatoms. The van der Waals surface area contributed by atoms with E-state index in [9.17, 15) is 64.8 Å². The lowest BCUT2D eigenvalue weighted by Gasteiger charge is -2.39. The molecule has 0 bridgehead atoms. The number of Topliss-reactive ketones (excluding diaryl/α,β-unsaturated/α-hetero) is 7. The first kappa shape index (κ1) is 80.3. The molecule has 3 amide bonds. The summed E-state index contributed by atoms with van der Waals surface area (Å²) in [6.45, 7) is 31.4. The minimum absolute atomic E-state index is 0.0391. The first-order valence-electron chi connectivity index (χ1n) is 35.6. The van der Waals surface area contributed by atoms with Crippen molar-refractivity contribution in [2.75, 3.05) is 24.6 Å². The van der Waals surface area contributed by atoms with Crippen LogP contribution < -0.4 is 5.73 Å². The van der Waals surface area contributed by atoms with Crippen LogP contribution in [0.1, 0.15) is 233 Å². The van der Waals surface area contributed by atoms with Crippen molar-refractivity contribution in [3.05, 3.63) is 30.3 Å². The number of primary amides is 1. The lowest BCUT2D eigenvalue weighted by molar-refractivity contribution is -0.148. The average molecular weight is 1380 g/mol. The fourth-order valence-electron chi connectivity index (χ4n) is 16.4. The molecule has 2 saturated heterocycles. The topological polar surface area (TPSA) is 271 Å². The summed E-state index contributed by atoms with van der Waals surface area (Å²) in [6.07, 6.45) is 18.3. The zero-order valence-electron chi connectivity index (χ0n) is 61.2. The molecular formula is C78H115N3O14S2. The first-order chi connectivity index (χ1) is 44.6. The molecule has 2 N–H and O–H groups in total. The lowest BCUT2D eigenvalue weighted by atomic mass is 9.70. The van der Waals surface area contributed by atoms with E-state index in [1.807, 2.05) is 62.3 Å². The molecule has 1 aromatic rings. The maximum atomic E-state index is 14.6.